The first-order chi connectivity index (χ1) is 27.9. The number of hydrogen-bond donors (Lipinski definition) is 0. The van der Waals surface area contributed by atoms with E-state index >= 15 is 0 Å². The summed E-state index contributed by atoms with van der Waals surface area (Å²) in [5.41, 5.74) is 11.5. The van der Waals surface area contributed by atoms with Crippen molar-refractivity contribution < 1.29 is 9.78 Å². The molecule has 0 amide bonds. The molecule has 0 radical (unpaired) electrons. The molecule has 0 spiro atoms. The highest BCUT2D eigenvalue weighted by Gasteiger charge is 2.31. The second-order valence-corrected chi connectivity index (χ2v) is 22.1. The maximum atomic E-state index is 7.29. The number of benzene rings is 4. The van der Waals surface area contributed by atoms with Gasteiger partial charge >= 0.3 is 0 Å². The maximum Gasteiger partial charge on any atom is 0.190 e. The van der Waals surface area contributed by atoms with Gasteiger partial charge in [0.15, 0.2) is 19.1 Å². The van der Waals surface area contributed by atoms with E-state index in [0.29, 0.717) is 12.8 Å². The second-order valence-electron chi connectivity index (χ2n) is 16.0. The van der Waals surface area contributed by atoms with Gasteiger partial charge in [0.05, 0.1) is 10.8 Å². The Balaban J connectivity index is 1.14. The number of fused-ring (bicyclic) bond motifs is 6. The second kappa shape index (κ2) is 22.2. The molecular weight excluding hydrogens is 892 g/mol. The van der Waals surface area contributed by atoms with E-state index in [-0.39, 0.29) is 10.8 Å². The van der Waals surface area contributed by atoms with Gasteiger partial charge in [-0.3, -0.25) is 9.78 Å². The molecule has 2 aliphatic rings. The van der Waals surface area contributed by atoms with Crippen molar-refractivity contribution in [2.24, 2.45) is 0 Å². The average Bonchev–Trinajstić information content (AvgIpc) is 3.76. The molecule has 4 aromatic carbocycles. The molecule has 314 valence electrons. The van der Waals surface area contributed by atoms with E-state index in [2.05, 4.69) is 72.8 Å². The highest BCUT2D eigenvalue weighted by Crippen LogP contribution is 2.49. The number of alkyl halides is 8. The van der Waals surface area contributed by atoms with Crippen molar-refractivity contribution in [3.8, 4) is 33.8 Å². The summed E-state index contributed by atoms with van der Waals surface area (Å²) in [7, 11) is 0. The van der Waals surface area contributed by atoms with Gasteiger partial charge in [-0.15, -0.1) is 23.2 Å². The van der Waals surface area contributed by atoms with E-state index in [1.165, 1.54) is 46.2 Å². The number of hydrogen-bond acceptors (Lipinski definition) is 2. The lowest BCUT2D eigenvalue weighted by molar-refractivity contribution is -0.103. The van der Waals surface area contributed by atoms with Gasteiger partial charge in [-0.2, -0.15) is 0 Å². The maximum absolute atomic E-state index is 7.29. The first kappa shape index (κ1) is 46.3. The van der Waals surface area contributed by atoms with Crippen molar-refractivity contribution in [3.63, 3.8) is 0 Å². The van der Waals surface area contributed by atoms with Crippen molar-refractivity contribution in [1.29, 1.82) is 0 Å². The van der Waals surface area contributed by atoms with E-state index in [4.69, 9.17) is 103 Å². The van der Waals surface area contributed by atoms with Crippen LogP contribution in [0.5, 0.6) is 11.5 Å². The van der Waals surface area contributed by atoms with Gasteiger partial charge in [-0.25, -0.2) is 0 Å². The molecule has 58 heavy (non-hydrogen) atoms. The molecular formula is C48H54Cl8O2. The summed E-state index contributed by atoms with van der Waals surface area (Å²) < 4.78 is -2.30. The quantitative estimate of drug-likeness (QED) is 0.0276. The molecule has 0 N–H and O–H groups in total. The largest absolute Gasteiger partial charge is 0.289 e. The minimum absolute atomic E-state index is 0.225. The molecule has 2 nitrogen and oxygen atoms in total. The third-order valence-corrected chi connectivity index (χ3v) is 13.7. The van der Waals surface area contributed by atoms with Crippen LogP contribution >= 0.6 is 92.8 Å². The zero-order valence-corrected chi connectivity index (χ0v) is 39.1. The van der Waals surface area contributed by atoms with E-state index < -0.39 is 7.59 Å². The Hall–Kier alpha value is -1.20. The van der Waals surface area contributed by atoms with E-state index in [0.717, 1.165) is 136 Å². The third kappa shape index (κ3) is 13.2. The summed E-state index contributed by atoms with van der Waals surface area (Å²) in [6.45, 7) is 0. The topological polar surface area (TPSA) is 18.5 Å². The van der Waals surface area contributed by atoms with Crippen molar-refractivity contribution in [3.05, 3.63) is 106 Å². The molecule has 0 saturated carbocycles. The fraction of sp³-hybridized carbons (Fsp3) is 0.500. The van der Waals surface area contributed by atoms with Crippen LogP contribution in [0.25, 0.3) is 22.3 Å². The summed E-state index contributed by atoms with van der Waals surface area (Å²) in [6.07, 6.45) is 19.7. The van der Waals surface area contributed by atoms with Crippen LogP contribution in [0.15, 0.2) is 72.8 Å². The molecule has 10 heteroatoms. The smallest absolute Gasteiger partial charge is 0.190 e. The Morgan fingerprint density at radius 2 is 0.759 bits per heavy atom. The summed E-state index contributed by atoms with van der Waals surface area (Å²) in [5, 5.41) is -0.449. The predicted molar refractivity (Wildman–Crippen MR) is 251 cm³/mol. The lowest BCUT2D eigenvalue weighted by Gasteiger charge is -2.21. The molecule has 4 aromatic rings. The van der Waals surface area contributed by atoms with Gasteiger partial charge in [0.1, 0.15) is 0 Å². The number of unbranched alkanes of at least 4 members (excludes halogenated alkanes) is 12. The Kier molecular flexibility index (Phi) is 17.8. The van der Waals surface area contributed by atoms with Gasteiger partial charge in [0.25, 0.3) is 0 Å². The van der Waals surface area contributed by atoms with Crippen molar-refractivity contribution >= 4 is 92.8 Å². The molecule has 2 unspecified atom stereocenters. The van der Waals surface area contributed by atoms with Crippen molar-refractivity contribution in [2.75, 3.05) is 0 Å². The molecule has 2 atom stereocenters. The van der Waals surface area contributed by atoms with Gasteiger partial charge < -0.3 is 0 Å². The van der Waals surface area contributed by atoms with Gasteiger partial charge in [-0.05, 0) is 71.9 Å². The molecule has 0 aliphatic heterocycles. The van der Waals surface area contributed by atoms with Crippen molar-refractivity contribution in [2.45, 2.75) is 147 Å². The summed E-state index contributed by atoms with van der Waals surface area (Å²) in [6, 6.07) is 25.8. The molecule has 2 aliphatic carbocycles. The molecule has 0 bridgehead atoms. The molecule has 0 fully saturated rings. The number of halogens is 8. The van der Waals surface area contributed by atoms with Gasteiger partial charge in [0, 0.05) is 35.1 Å². The van der Waals surface area contributed by atoms with Crippen LogP contribution in [0.3, 0.4) is 0 Å². The van der Waals surface area contributed by atoms with Crippen LogP contribution in [-0.2, 0) is 12.8 Å². The minimum Gasteiger partial charge on any atom is -0.289 e. The minimum atomic E-state index is -1.15. The lowest BCUT2D eigenvalue weighted by Crippen LogP contribution is -2.11. The fourth-order valence-corrected chi connectivity index (χ4v) is 10.0. The van der Waals surface area contributed by atoms with E-state index in [9.17, 15) is 0 Å². The zero-order valence-electron chi connectivity index (χ0n) is 33.1. The summed E-state index contributed by atoms with van der Waals surface area (Å²) >= 11 is 50.0. The Morgan fingerprint density at radius 1 is 0.414 bits per heavy atom. The van der Waals surface area contributed by atoms with E-state index in [1.807, 2.05) is 0 Å². The van der Waals surface area contributed by atoms with Crippen LogP contribution in [-0.4, -0.2) is 7.59 Å². The molecule has 0 saturated heterocycles. The standard InChI is InChI=1S/C48H54Cl8O2/c49-43(23-11-7-3-1-5-9-17-29-47(51,52)53)39-27-25-37-35-21-15-13-19-33(35)31-41(37)45(39)57-58-46-40(28-26-38-36-22-16-14-20-34(36)32-42(38)46)44(50)24-12-8-4-2-6-10-18-30-48(54,55)56/h13-16,19-22,25-28,43-44H,1-12,17-18,23-24,29-32H2. The van der Waals surface area contributed by atoms with Crippen LogP contribution in [0.4, 0.5) is 0 Å². The predicted octanol–water partition coefficient (Wildman–Crippen LogP) is 18.5. The molecule has 0 heterocycles. The van der Waals surface area contributed by atoms with Gasteiger partial charge in [0.2, 0.25) is 0 Å². The first-order valence-corrected chi connectivity index (χ1v) is 24.3. The van der Waals surface area contributed by atoms with Crippen molar-refractivity contribution in [1.82, 2.24) is 0 Å². The lowest BCUT2D eigenvalue weighted by atomic mass is 9.97. The third-order valence-electron chi connectivity index (χ3n) is 11.7. The summed E-state index contributed by atoms with van der Waals surface area (Å²) in [5.74, 6) is 1.45. The first-order valence-electron chi connectivity index (χ1n) is 21.1. The van der Waals surface area contributed by atoms with E-state index in [1.54, 1.807) is 0 Å². The zero-order chi connectivity index (χ0) is 41.1. The Bertz CT molecular complexity index is 1800. The normalized spacial score (nSPS) is 14.1. The Morgan fingerprint density at radius 3 is 1.14 bits per heavy atom. The Labute approximate surface area is 386 Å². The highest BCUT2D eigenvalue weighted by atomic mass is 35.6. The van der Waals surface area contributed by atoms with Crippen LogP contribution in [0, 0.1) is 0 Å². The monoisotopic (exact) mass is 942 g/mol. The number of rotatable bonds is 23. The van der Waals surface area contributed by atoms with Crippen LogP contribution in [0.2, 0.25) is 0 Å². The average molecular weight is 947 g/mol. The molecule has 0 aromatic heterocycles. The van der Waals surface area contributed by atoms with Crippen LogP contribution < -0.4 is 9.78 Å². The molecule has 6 rings (SSSR count). The van der Waals surface area contributed by atoms with Crippen LogP contribution in [0.1, 0.15) is 160 Å². The fourth-order valence-electron chi connectivity index (χ4n) is 8.55. The SMILES string of the molecule is ClC(CCCCCCCCCC(Cl)(Cl)Cl)c1ccc2c(c1OOc1c(C(Cl)CCCCCCCCCC(Cl)(Cl)Cl)ccc3c1Cc1ccccc1-3)Cc1ccccc1-2. The van der Waals surface area contributed by atoms with Gasteiger partial charge in [-0.1, -0.05) is 219 Å². The summed E-state index contributed by atoms with van der Waals surface area (Å²) in [4.78, 5) is 13.3. The highest BCUT2D eigenvalue weighted by molar-refractivity contribution is 6.68.